The number of anilines is 1. The molecule has 9 heteroatoms. The van der Waals surface area contributed by atoms with Crippen molar-refractivity contribution in [1.82, 2.24) is 9.97 Å². The first-order chi connectivity index (χ1) is 19.4. The van der Waals surface area contributed by atoms with Crippen molar-refractivity contribution < 1.29 is 19.3 Å². The Morgan fingerprint density at radius 2 is 2.02 bits per heavy atom. The van der Waals surface area contributed by atoms with Crippen LogP contribution in [0.4, 0.5) is 5.82 Å². The first-order valence-corrected chi connectivity index (χ1v) is 14.5. The molecular weight excluding hydrogens is 524 g/mol. The van der Waals surface area contributed by atoms with Gasteiger partial charge in [0.2, 0.25) is 0 Å². The van der Waals surface area contributed by atoms with E-state index in [0.29, 0.717) is 18.1 Å². The fraction of sp³-hybridized carbons (Fsp3) is 0.452. The lowest BCUT2D eigenvalue weighted by molar-refractivity contribution is 0.217. The van der Waals surface area contributed by atoms with Crippen LogP contribution in [0.2, 0.25) is 0 Å². The molecule has 2 unspecified atom stereocenters. The van der Waals surface area contributed by atoms with Crippen LogP contribution in [-0.2, 0) is 9.47 Å². The summed E-state index contributed by atoms with van der Waals surface area (Å²) in [5, 5.41) is 14.0. The topological polar surface area (TPSA) is 98.1 Å². The molecule has 40 heavy (non-hydrogen) atoms. The maximum atomic E-state index is 9.61. The van der Waals surface area contributed by atoms with E-state index in [4.69, 9.17) is 19.5 Å². The second kappa shape index (κ2) is 18.3. The summed E-state index contributed by atoms with van der Waals surface area (Å²) in [6.07, 6.45) is 17.8. The highest BCUT2D eigenvalue weighted by atomic mass is 32.2. The molecule has 0 amide bonds. The Balaban J connectivity index is 0.00000178. The number of aliphatic hydroxyl groups excluding tert-OH is 1. The van der Waals surface area contributed by atoms with Crippen molar-refractivity contribution in [3.8, 4) is 6.01 Å². The molecule has 1 aromatic rings. The maximum absolute atomic E-state index is 9.61. The van der Waals surface area contributed by atoms with Gasteiger partial charge in [-0.05, 0) is 56.4 Å². The van der Waals surface area contributed by atoms with Gasteiger partial charge in [0.25, 0.3) is 0 Å². The zero-order chi connectivity index (χ0) is 29.3. The van der Waals surface area contributed by atoms with E-state index in [9.17, 15) is 5.11 Å². The molecule has 1 aliphatic carbocycles. The number of aliphatic imine (C=N–C) groups is 1. The predicted molar refractivity (Wildman–Crippen MR) is 167 cm³/mol. The fourth-order valence-corrected chi connectivity index (χ4v) is 5.05. The number of rotatable bonds is 13. The minimum Gasteiger partial charge on any atom is -0.497 e. The Hall–Kier alpha value is -3.14. The SMILES string of the molecule is C=C/C=C\C(=C/C(C)Oc1nc(C)c(C2=NC3=C(CC=CC=C3)CS2)c(NCCC(CC)CO)n1)OC.COC. The molecule has 0 saturated heterocycles. The maximum Gasteiger partial charge on any atom is 0.319 e. The molecule has 1 aliphatic heterocycles. The van der Waals surface area contributed by atoms with Gasteiger partial charge in [-0.15, -0.1) is 11.8 Å². The van der Waals surface area contributed by atoms with Gasteiger partial charge < -0.3 is 24.6 Å². The van der Waals surface area contributed by atoms with Gasteiger partial charge in [-0.25, -0.2) is 4.99 Å². The van der Waals surface area contributed by atoms with E-state index in [2.05, 4.69) is 46.8 Å². The quantitative estimate of drug-likeness (QED) is 0.215. The summed E-state index contributed by atoms with van der Waals surface area (Å²) >= 11 is 1.71. The smallest absolute Gasteiger partial charge is 0.319 e. The molecule has 0 saturated carbocycles. The summed E-state index contributed by atoms with van der Waals surface area (Å²) in [5.74, 6) is 2.48. The third kappa shape index (κ3) is 10.4. The van der Waals surface area contributed by atoms with E-state index in [0.717, 1.165) is 47.0 Å². The summed E-state index contributed by atoms with van der Waals surface area (Å²) in [4.78, 5) is 14.4. The minimum absolute atomic E-state index is 0.175. The largest absolute Gasteiger partial charge is 0.497 e. The molecule has 0 fully saturated rings. The van der Waals surface area contributed by atoms with Crippen LogP contribution in [0.5, 0.6) is 6.01 Å². The highest BCUT2D eigenvalue weighted by Gasteiger charge is 2.23. The van der Waals surface area contributed by atoms with Gasteiger partial charge in [0, 0.05) is 33.1 Å². The molecule has 8 nitrogen and oxygen atoms in total. The Labute approximate surface area is 243 Å². The van der Waals surface area contributed by atoms with E-state index in [1.807, 2.05) is 32.1 Å². The number of nitrogens with one attached hydrogen (secondary N) is 1. The second-order valence-electron chi connectivity index (χ2n) is 9.27. The van der Waals surface area contributed by atoms with Gasteiger partial charge in [0.1, 0.15) is 22.7 Å². The third-order valence-corrected chi connectivity index (χ3v) is 7.18. The van der Waals surface area contributed by atoms with Gasteiger partial charge in [-0.3, -0.25) is 0 Å². The van der Waals surface area contributed by atoms with E-state index >= 15 is 0 Å². The number of methoxy groups -OCH3 is 2. The molecule has 1 aromatic heterocycles. The normalized spacial score (nSPS) is 16.4. The van der Waals surface area contributed by atoms with Crippen LogP contribution in [0.15, 0.2) is 77.2 Å². The Kier molecular flexibility index (Phi) is 15.1. The van der Waals surface area contributed by atoms with Crippen molar-refractivity contribution in [3.05, 3.63) is 83.5 Å². The van der Waals surface area contributed by atoms with Crippen molar-refractivity contribution in [1.29, 1.82) is 0 Å². The Morgan fingerprint density at radius 1 is 1.25 bits per heavy atom. The molecule has 2 heterocycles. The van der Waals surface area contributed by atoms with Gasteiger partial charge in [0.15, 0.2) is 0 Å². The highest BCUT2D eigenvalue weighted by molar-refractivity contribution is 8.14. The van der Waals surface area contributed by atoms with Crippen molar-refractivity contribution in [2.24, 2.45) is 10.9 Å². The van der Waals surface area contributed by atoms with Crippen LogP contribution in [0.1, 0.15) is 44.4 Å². The Bertz CT molecular complexity index is 1150. The van der Waals surface area contributed by atoms with Crippen LogP contribution in [-0.4, -0.2) is 66.5 Å². The lowest BCUT2D eigenvalue weighted by atomic mass is 10.0. The first kappa shape index (κ1) is 33.1. The molecule has 0 radical (unpaired) electrons. The van der Waals surface area contributed by atoms with Gasteiger partial charge in [-0.2, -0.15) is 9.97 Å². The van der Waals surface area contributed by atoms with E-state index in [-0.39, 0.29) is 24.6 Å². The number of aryl methyl sites for hydroxylation is 1. The summed E-state index contributed by atoms with van der Waals surface area (Å²) in [7, 11) is 4.86. The fourth-order valence-electron chi connectivity index (χ4n) is 3.92. The van der Waals surface area contributed by atoms with Crippen LogP contribution in [0.25, 0.3) is 0 Å². The van der Waals surface area contributed by atoms with E-state index < -0.39 is 0 Å². The van der Waals surface area contributed by atoms with Crippen LogP contribution in [0.3, 0.4) is 0 Å². The molecule has 0 aromatic carbocycles. The van der Waals surface area contributed by atoms with Crippen molar-refractivity contribution >= 4 is 22.6 Å². The summed E-state index contributed by atoms with van der Waals surface area (Å²) in [5.41, 5.74) is 4.01. The number of aromatic nitrogens is 2. The molecule has 0 bridgehead atoms. The predicted octanol–water partition coefficient (Wildman–Crippen LogP) is 6.17. The van der Waals surface area contributed by atoms with E-state index in [1.165, 1.54) is 5.57 Å². The van der Waals surface area contributed by atoms with E-state index in [1.54, 1.807) is 45.2 Å². The lowest BCUT2D eigenvalue weighted by Gasteiger charge is -2.21. The average molecular weight is 569 g/mol. The highest BCUT2D eigenvalue weighted by Crippen LogP contribution is 2.33. The number of nitrogens with zero attached hydrogens (tertiary/aromatic N) is 3. The van der Waals surface area contributed by atoms with Crippen LogP contribution >= 0.6 is 11.8 Å². The first-order valence-electron chi connectivity index (χ1n) is 13.5. The molecule has 3 rings (SSSR count). The van der Waals surface area contributed by atoms with Crippen LogP contribution in [0, 0.1) is 12.8 Å². The van der Waals surface area contributed by atoms with Crippen molar-refractivity contribution in [2.75, 3.05) is 45.6 Å². The van der Waals surface area contributed by atoms with Gasteiger partial charge >= 0.3 is 6.01 Å². The zero-order valence-electron chi connectivity index (χ0n) is 24.6. The summed E-state index contributed by atoms with van der Waals surface area (Å²) in [6, 6.07) is 0.282. The zero-order valence-corrected chi connectivity index (χ0v) is 25.5. The Morgan fingerprint density at radius 3 is 2.70 bits per heavy atom. The molecule has 218 valence electrons. The van der Waals surface area contributed by atoms with Gasteiger partial charge in [-0.1, -0.05) is 50.3 Å². The van der Waals surface area contributed by atoms with Gasteiger partial charge in [0.05, 0.1) is 24.1 Å². The average Bonchev–Trinajstić information content (AvgIpc) is 3.18. The number of ether oxygens (including phenoxy) is 3. The summed E-state index contributed by atoms with van der Waals surface area (Å²) < 4.78 is 15.7. The molecular formula is C31H44N4O4S. The standard InChI is InChI=1S/C29H38N4O3S.C2H6O/c1-6-8-13-24(35-5)17-20(3)36-29-31-21(4)26(27(33-29)30-16-15-22(7-2)18-34)28-32-25-14-11-9-10-12-23(25)19-37-28;1-3-2/h6,8-11,13-14,17,20,22,34H,1,7,12,15-16,18-19H2,2-5H3,(H,30,31,33);1-2H3/b13-8-,24-17+;. The lowest BCUT2D eigenvalue weighted by Crippen LogP contribution is -2.19. The molecule has 2 N–H and O–H groups in total. The number of hydrogen-bond donors (Lipinski definition) is 2. The number of hydrogen-bond acceptors (Lipinski definition) is 9. The van der Waals surface area contributed by atoms with Crippen LogP contribution < -0.4 is 10.1 Å². The molecule has 2 atom stereocenters. The second-order valence-corrected chi connectivity index (χ2v) is 10.2. The molecule has 0 spiro atoms. The monoisotopic (exact) mass is 568 g/mol. The van der Waals surface area contributed by atoms with Crippen molar-refractivity contribution in [3.63, 3.8) is 0 Å². The number of aliphatic hydroxyl groups is 1. The molecule has 2 aliphatic rings. The van der Waals surface area contributed by atoms with Crippen molar-refractivity contribution in [2.45, 2.75) is 46.1 Å². The minimum atomic E-state index is -0.320. The number of allylic oxidation sites excluding steroid dienone is 7. The number of thioether (sulfide) groups is 1. The summed E-state index contributed by atoms with van der Waals surface area (Å²) in [6.45, 7) is 10.5. The third-order valence-electron chi connectivity index (χ3n) is 6.12.